The van der Waals surface area contributed by atoms with Gasteiger partial charge in [0.15, 0.2) is 0 Å². The Bertz CT molecular complexity index is 687. The topological polar surface area (TPSA) is 55.8 Å². The first-order valence-corrected chi connectivity index (χ1v) is 9.32. The van der Waals surface area contributed by atoms with Crippen LogP contribution in [0.3, 0.4) is 0 Å². The Morgan fingerprint density at radius 1 is 1.40 bits per heavy atom. The maximum atomic E-state index is 12.5. The molecule has 0 aromatic heterocycles. The summed E-state index contributed by atoms with van der Waals surface area (Å²) >= 11 is 6.49. The first kappa shape index (κ1) is 19.5. The zero-order valence-electron chi connectivity index (χ0n) is 14.3. The van der Waals surface area contributed by atoms with E-state index in [1.165, 1.54) is 23.8 Å². The second kappa shape index (κ2) is 9.58. The number of hydrogen-bond donors (Lipinski definition) is 0. The van der Waals surface area contributed by atoms with Gasteiger partial charge < -0.3 is 9.47 Å². The molecule has 0 aliphatic carbocycles. The molecule has 134 valence electrons. The number of ether oxygens (including phenoxy) is 2. The molecule has 2 rings (SSSR count). The molecule has 0 N–H and O–H groups in total. The minimum absolute atomic E-state index is 0.122. The van der Waals surface area contributed by atoms with Crippen molar-refractivity contribution in [3.05, 3.63) is 34.7 Å². The average molecular weight is 380 g/mol. The van der Waals surface area contributed by atoms with Gasteiger partial charge >= 0.3 is 5.97 Å². The van der Waals surface area contributed by atoms with Gasteiger partial charge in [0.2, 0.25) is 0 Å². The van der Waals surface area contributed by atoms with Gasteiger partial charge in [-0.2, -0.15) is 0 Å². The van der Waals surface area contributed by atoms with Crippen LogP contribution in [0.15, 0.2) is 29.2 Å². The molecular formula is C18H21NO4S2. The molecule has 0 radical (unpaired) electrons. The number of thioether (sulfide) groups is 1. The van der Waals surface area contributed by atoms with E-state index >= 15 is 0 Å². The number of benzene rings is 1. The number of carbonyl (C=O) groups is 2. The predicted molar refractivity (Wildman–Crippen MR) is 103 cm³/mol. The second-order valence-electron chi connectivity index (χ2n) is 5.43. The van der Waals surface area contributed by atoms with Crippen LogP contribution in [-0.2, 0) is 14.3 Å². The fraction of sp³-hybridized carbons (Fsp3) is 0.389. The minimum atomic E-state index is -0.366. The quantitative estimate of drug-likeness (QED) is 0.298. The molecule has 0 spiro atoms. The van der Waals surface area contributed by atoms with Gasteiger partial charge in [-0.25, -0.2) is 0 Å². The molecule has 1 aromatic rings. The Labute approximate surface area is 157 Å². The van der Waals surface area contributed by atoms with Gasteiger partial charge in [-0.3, -0.25) is 14.5 Å². The third kappa shape index (κ3) is 5.57. The standard InChI is InChI=1S/C18H21NO4S2/c1-3-4-10-23-14-7-5-6-13(11-14)12-15-17(21)19(18(24)25-15)9-8-16(20)22-2/h5-7,11-12H,3-4,8-10H2,1-2H3/b15-12+. The van der Waals surface area contributed by atoms with E-state index in [9.17, 15) is 9.59 Å². The first-order chi connectivity index (χ1) is 12.0. The lowest BCUT2D eigenvalue weighted by atomic mass is 10.2. The van der Waals surface area contributed by atoms with E-state index in [4.69, 9.17) is 17.0 Å². The Balaban J connectivity index is 2.05. The predicted octanol–water partition coefficient (Wildman–Crippen LogP) is 3.63. The lowest BCUT2D eigenvalue weighted by Gasteiger charge is -2.12. The number of amides is 1. The van der Waals surface area contributed by atoms with Gasteiger partial charge in [0.1, 0.15) is 10.1 Å². The molecule has 1 aromatic carbocycles. The summed E-state index contributed by atoms with van der Waals surface area (Å²) < 4.78 is 10.7. The van der Waals surface area contributed by atoms with E-state index < -0.39 is 0 Å². The molecule has 5 nitrogen and oxygen atoms in total. The lowest BCUT2D eigenvalue weighted by molar-refractivity contribution is -0.140. The van der Waals surface area contributed by atoms with E-state index in [1.807, 2.05) is 24.3 Å². The zero-order valence-corrected chi connectivity index (χ0v) is 16.0. The SMILES string of the molecule is CCCCOc1cccc(/C=C2/SC(=S)N(CCC(=O)OC)C2=O)c1. The molecule has 1 amide bonds. The molecule has 1 heterocycles. The van der Waals surface area contributed by atoms with Crippen LogP contribution in [0.2, 0.25) is 0 Å². The number of thiocarbonyl (C=S) groups is 1. The van der Waals surface area contributed by atoms with Crippen molar-refractivity contribution in [3.63, 3.8) is 0 Å². The van der Waals surface area contributed by atoms with Crippen molar-refractivity contribution < 1.29 is 19.1 Å². The maximum absolute atomic E-state index is 12.5. The highest BCUT2D eigenvalue weighted by molar-refractivity contribution is 8.26. The molecule has 1 fully saturated rings. The Kier molecular flexibility index (Phi) is 7.46. The fourth-order valence-corrected chi connectivity index (χ4v) is 3.49. The van der Waals surface area contributed by atoms with E-state index in [-0.39, 0.29) is 24.8 Å². The molecular weight excluding hydrogens is 358 g/mol. The highest BCUT2D eigenvalue weighted by Gasteiger charge is 2.32. The van der Waals surface area contributed by atoms with Crippen LogP contribution in [0.4, 0.5) is 0 Å². The molecule has 0 bridgehead atoms. The summed E-state index contributed by atoms with van der Waals surface area (Å²) in [6.07, 6.45) is 4.00. The number of methoxy groups -OCH3 is 1. The van der Waals surface area contributed by atoms with E-state index in [0.717, 1.165) is 24.2 Å². The minimum Gasteiger partial charge on any atom is -0.494 e. The molecule has 25 heavy (non-hydrogen) atoms. The van der Waals surface area contributed by atoms with Crippen LogP contribution in [0.5, 0.6) is 5.75 Å². The highest BCUT2D eigenvalue weighted by atomic mass is 32.2. The van der Waals surface area contributed by atoms with Gasteiger partial charge in [0.05, 0.1) is 25.0 Å². The molecule has 7 heteroatoms. The van der Waals surface area contributed by atoms with Crippen LogP contribution in [0.1, 0.15) is 31.7 Å². The van der Waals surface area contributed by atoms with Crippen molar-refractivity contribution in [3.8, 4) is 5.75 Å². The maximum Gasteiger partial charge on any atom is 0.307 e. The lowest BCUT2D eigenvalue weighted by Crippen LogP contribution is -2.30. The van der Waals surface area contributed by atoms with Crippen LogP contribution < -0.4 is 4.74 Å². The summed E-state index contributed by atoms with van der Waals surface area (Å²) in [4.78, 5) is 25.7. The number of esters is 1. The summed E-state index contributed by atoms with van der Waals surface area (Å²) in [6.45, 7) is 3.02. The summed E-state index contributed by atoms with van der Waals surface area (Å²) in [5.41, 5.74) is 0.877. The molecule has 1 aliphatic rings. The summed E-state index contributed by atoms with van der Waals surface area (Å²) in [7, 11) is 1.32. The van der Waals surface area contributed by atoms with Crippen molar-refractivity contribution in [2.45, 2.75) is 26.2 Å². The highest BCUT2D eigenvalue weighted by Crippen LogP contribution is 2.33. The summed E-state index contributed by atoms with van der Waals surface area (Å²) in [6, 6.07) is 7.60. The molecule has 0 saturated carbocycles. The molecule has 0 atom stereocenters. The first-order valence-electron chi connectivity index (χ1n) is 8.10. The van der Waals surface area contributed by atoms with Crippen molar-refractivity contribution in [2.75, 3.05) is 20.3 Å². The second-order valence-corrected chi connectivity index (χ2v) is 7.11. The van der Waals surface area contributed by atoms with Gasteiger partial charge in [-0.1, -0.05) is 49.5 Å². The monoisotopic (exact) mass is 379 g/mol. The molecule has 0 unspecified atom stereocenters. The van der Waals surface area contributed by atoms with Gasteiger partial charge in [0.25, 0.3) is 5.91 Å². The van der Waals surface area contributed by atoms with Crippen LogP contribution in [0.25, 0.3) is 6.08 Å². The Morgan fingerprint density at radius 3 is 2.92 bits per heavy atom. The van der Waals surface area contributed by atoms with Crippen LogP contribution >= 0.6 is 24.0 Å². The fourth-order valence-electron chi connectivity index (χ4n) is 2.18. The van der Waals surface area contributed by atoms with Crippen LogP contribution in [0, 0.1) is 0 Å². The Hall–Kier alpha value is -1.86. The number of nitrogens with zero attached hydrogens (tertiary/aromatic N) is 1. The van der Waals surface area contributed by atoms with E-state index in [1.54, 1.807) is 6.08 Å². The van der Waals surface area contributed by atoms with E-state index in [2.05, 4.69) is 11.7 Å². The van der Waals surface area contributed by atoms with Crippen molar-refractivity contribution in [1.29, 1.82) is 0 Å². The van der Waals surface area contributed by atoms with Crippen LogP contribution in [-0.4, -0.2) is 41.4 Å². The number of carbonyl (C=O) groups excluding carboxylic acids is 2. The zero-order chi connectivity index (χ0) is 18.2. The van der Waals surface area contributed by atoms with Gasteiger partial charge in [-0.05, 0) is 30.2 Å². The third-order valence-electron chi connectivity index (χ3n) is 3.56. The number of hydrogen-bond acceptors (Lipinski definition) is 6. The smallest absolute Gasteiger partial charge is 0.307 e. The van der Waals surface area contributed by atoms with Gasteiger partial charge in [-0.15, -0.1) is 0 Å². The number of unbranched alkanes of at least 4 members (excludes halogenated alkanes) is 1. The third-order valence-corrected chi connectivity index (χ3v) is 4.94. The number of rotatable bonds is 8. The van der Waals surface area contributed by atoms with Gasteiger partial charge in [0, 0.05) is 6.54 Å². The summed E-state index contributed by atoms with van der Waals surface area (Å²) in [5, 5.41) is 0. The Morgan fingerprint density at radius 2 is 2.20 bits per heavy atom. The average Bonchev–Trinajstić information content (AvgIpc) is 2.87. The molecule has 1 saturated heterocycles. The summed E-state index contributed by atoms with van der Waals surface area (Å²) in [5.74, 6) is 0.231. The van der Waals surface area contributed by atoms with Crippen molar-refractivity contribution >= 4 is 46.3 Å². The van der Waals surface area contributed by atoms with Crippen molar-refractivity contribution in [1.82, 2.24) is 4.90 Å². The van der Waals surface area contributed by atoms with Crippen molar-refractivity contribution in [2.24, 2.45) is 0 Å². The van der Waals surface area contributed by atoms with E-state index in [0.29, 0.717) is 15.8 Å². The normalized spacial score (nSPS) is 15.8. The largest absolute Gasteiger partial charge is 0.494 e. The molecule has 1 aliphatic heterocycles.